The molecule has 0 saturated heterocycles. The van der Waals surface area contributed by atoms with Crippen molar-refractivity contribution in [1.82, 2.24) is 5.32 Å². The minimum Gasteiger partial charge on any atom is -0.396 e. The second-order valence-corrected chi connectivity index (χ2v) is 5.12. The summed E-state index contributed by atoms with van der Waals surface area (Å²) in [6.45, 7) is 2.32. The van der Waals surface area contributed by atoms with Gasteiger partial charge in [0.25, 0.3) is 0 Å². The molecule has 0 aromatic heterocycles. The summed E-state index contributed by atoms with van der Waals surface area (Å²) < 4.78 is 0.713. The van der Waals surface area contributed by atoms with E-state index in [-0.39, 0.29) is 12.5 Å². The van der Waals surface area contributed by atoms with Crippen LogP contribution in [0.1, 0.15) is 13.3 Å². The number of rotatable bonds is 5. The van der Waals surface area contributed by atoms with E-state index < -0.39 is 11.8 Å². The molecule has 1 aromatic rings. The van der Waals surface area contributed by atoms with Gasteiger partial charge in [-0.05, 0) is 40.4 Å². The van der Waals surface area contributed by atoms with Crippen LogP contribution in [0, 0.1) is 5.92 Å². The molecule has 1 atom stereocenters. The van der Waals surface area contributed by atoms with Crippen molar-refractivity contribution in [3.05, 3.63) is 28.7 Å². The summed E-state index contributed by atoms with van der Waals surface area (Å²) >= 11 is 3.28. The van der Waals surface area contributed by atoms with E-state index in [1.165, 1.54) is 0 Å². The summed E-state index contributed by atoms with van der Waals surface area (Å²) in [5, 5.41) is 13.8. The molecule has 1 unspecified atom stereocenters. The first-order valence-electron chi connectivity index (χ1n) is 5.99. The van der Waals surface area contributed by atoms with Crippen LogP contribution in [0.2, 0.25) is 0 Å². The second kappa shape index (κ2) is 7.91. The van der Waals surface area contributed by atoms with E-state index in [4.69, 9.17) is 5.11 Å². The number of benzene rings is 1. The first-order chi connectivity index (χ1) is 9.04. The number of carbonyl (C=O) groups excluding carboxylic acids is 2. The number of hydrogen-bond donors (Lipinski definition) is 3. The van der Waals surface area contributed by atoms with E-state index in [1.807, 2.05) is 13.0 Å². The van der Waals surface area contributed by atoms with Gasteiger partial charge in [-0.3, -0.25) is 9.59 Å². The van der Waals surface area contributed by atoms with Crippen LogP contribution in [0.3, 0.4) is 0 Å². The standard InChI is InChI=1S/C13H17BrN2O3/c1-9(6-7-17)8-15-12(18)13(19)16-11-5-3-2-4-10(11)14/h2-5,9,17H,6-8H2,1H3,(H,15,18)(H,16,19). The highest BCUT2D eigenvalue weighted by Gasteiger charge is 2.15. The van der Waals surface area contributed by atoms with Crippen molar-refractivity contribution < 1.29 is 14.7 Å². The highest BCUT2D eigenvalue weighted by Crippen LogP contribution is 2.20. The Labute approximate surface area is 120 Å². The Hall–Kier alpha value is -1.40. The highest BCUT2D eigenvalue weighted by molar-refractivity contribution is 9.10. The maximum Gasteiger partial charge on any atom is 0.313 e. The Kier molecular flexibility index (Phi) is 6.52. The molecule has 5 nitrogen and oxygen atoms in total. The molecule has 3 N–H and O–H groups in total. The minimum atomic E-state index is -0.705. The predicted molar refractivity (Wildman–Crippen MR) is 76.6 cm³/mol. The van der Waals surface area contributed by atoms with Crippen LogP contribution >= 0.6 is 15.9 Å². The lowest BCUT2D eigenvalue weighted by molar-refractivity contribution is -0.136. The Morgan fingerprint density at radius 3 is 2.63 bits per heavy atom. The number of aliphatic hydroxyl groups excluding tert-OH is 1. The number of aliphatic hydroxyl groups is 1. The van der Waals surface area contributed by atoms with Crippen molar-refractivity contribution in [2.45, 2.75) is 13.3 Å². The molecule has 0 fully saturated rings. The van der Waals surface area contributed by atoms with E-state index in [1.54, 1.807) is 18.2 Å². The molecule has 0 aliphatic rings. The van der Waals surface area contributed by atoms with Crippen molar-refractivity contribution in [3.63, 3.8) is 0 Å². The molecule has 0 saturated carbocycles. The van der Waals surface area contributed by atoms with Crippen LogP contribution in [0.15, 0.2) is 28.7 Å². The van der Waals surface area contributed by atoms with E-state index in [0.717, 1.165) is 0 Å². The Morgan fingerprint density at radius 1 is 1.32 bits per heavy atom. The van der Waals surface area contributed by atoms with E-state index in [9.17, 15) is 9.59 Å². The van der Waals surface area contributed by atoms with Gasteiger partial charge in [-0.25, -0.2) is 0 Å². The lowest BCUT2D eigenvalue weighted by atomic mass is 10.1. The van der Waals surface area contributed by atoms with Gasteiger partial charge in [0, 0.05) is 17.6 Å². The molecule has 1 rings (SSSR count). The molecule has 0 radical (unpaired) electrons. The molecule has 19 heavy (non-hydrogen) atoms. The first kappa shape index (κ1) is 15.7. The summed E-state index contributed by atoms with van der Waals surface area (Å²) in [5.74, 6) is -1.26. The number of para-hydroxylation sites is 1. The number of halogens is 1. The molecule has 0 aliphatic heterocycles. The Bertz CT molecular complexity index is 451. The van der Waals surface area contributed by atoms with Crippen molar-refractivity contribution in [2.75, 3.05) is 18.5 Å². The van der Waals surface area contributed by atoms with Gasteiger partial charge in [-0.2, -0.15) is 0 Å². The fraction of sp³-hybridized carbons (Fsp3) is 0.385. The van der Waals surface area contributed by atoms with Crippen LogP contribution in [0.25, 0.3) is 0 Å². The zero-order valence-electron chi connectivity index (χ0n) is 10.6. The van der Waals surface area contributed by atoms with Gasteiger partial charge in [0.2, 0.25) is 0 Å². The van der Waals surface area contributed by atoms with E-state index in [2.05, 4.69) is 26.6 Å². The van der Waals surface area contributed by atoms with Crippen LogP contribution in [-0.2, 0) is 9.59 Å². The Morgan fingerprint density at radius 2 is 2.00 bits per heavy atom. The fourth-order valence-corrected chi connectivity index (χ4v) is 1.80. The molecule has 0 aliphatic carbocycles. The first-order valence-corrected chi connectivity index (χ1v) is 6.78. The highest BCUT2D eigenvalue weighted by atomic mass is 79.9. The van der Waals surface area contributed by atoms with Crippen molar-refractivity contribution in [2.24, 2.45) is 5.92 Å². The third-order valence-corrected chi connectivity index (χ3v) is 3.25. The summed E-state index contributed by atoms with van der Waals surface area (Å²) in [4.78, 5) is 23.2. The van der Waals surface area contributed by atoms with E-state index >= 15 is 0 Å². The fourth-order valence-electron chi connectivity index (χ4n) is 1.41. The minimum absolute atomic E-state index is 0.0696. The largest absolute Gasteiger partial charge is 0.396 e. The van der Waals surface area contributed by atoms with E-state index in [0.29, 0.717) is 23.1 Å². The normalized spacial score (nSPS) is 11.7. The Balaban J connectivity index is 2.45. The zero-order chi connectivity index (χ0) is 14.3. The SMILES string of the molecule is CC(CCO)CNC(=O)C(=O)Nc1ccccc1Br. The molecule has 0 spiro atoms. The smallest absolute Gasteiger partial charge is 0.313 e. The number of carbonyl (C=O) groups is 2. The van der Waals surface area contributed by atoms with Crippen LogP contribution in [0.5, 0.6) is 0 Å². The van der Waals surface area contributed by atoms with Gasteiger partial charge < -0.3 is 15.7 Å². The predicted octanol–water partition coefficient (Wildman–Crippen LogP) is 1.52. The third-order valence-electron chi connectivity index (χ3n) is 2.56. The lowest BCUT2D eigenvalue weighted by Gasteiger charge is -2.11. The monoisotopic (exact) mass is 328 g/mol. The van der Waals surface area contributed by atoms with Crippen LogP contribution in [-0.4, -0.2) is 30.1 Å². The number of amides is 2. The van der Waals surface area contributed by atoms with Crippen LogP contribution < -0.4 is 10.6 Å². The molecular formula is C13H17BrN2O3. The topological polar surface area (TPSA) is 78.4 Å². The molecule has 0 heterocycles. The van der Waals surface area contributed by atoms with Crippen molar-refractivity contribution >= 4 is 33.4 Å². The van der Waals surface area contributed by atoms with Gasteiger partial charge >= 0.3 is 11.8 Å². The maximum absolute atomic E-state index is 11.6. The molecular weight excluding hydrogens is 312 g/mol. The average Bonchev–Trinajstić information content (AvgIpc) is 2.39. The summed E-state index contributed by atoms with van der Waals surface area (Å²) in [5.41, 5.74) is 0.547. The van der Waals surface area contributed by atoms with Crippen LogP contribution in [0.4, 0.5) is 5.69 Å². The number of anilines is 1. The van der Waals surface area contributed by atoms with Gasteiger partial charge in [-0.15, -0.1) is 0 Å². The van der Waals surface area contributed by atoms with Gasteiger partial charge in [0.05, 0.1) is 5.69 Å². The lowest BCUT2D eigenvalue weighted by Crippen LogP contribution is -2.37. The second-order valence-electron chi connectivity index (χ2n) is 4.26. The summed E-state index contributed by atoms with van der Waals surface area (Å²) in [6, 6.07) is 7.05. The van der Waals surface area contributed by atoms with Gasteiger partial charge in [0.1, 0.15) is 0 Å². The van der Waals surface area contributed by atoms with Gasteiger partial charge in [0.15, 0.2) is 0 Å². The summed E-state index contributed by atoms with van der Waals surface area (Å²) in [7, 11) is 0. The molecule has 1 aromatic carbocycles. The van der Waals surface area contributed by atoms with Crippen molar-refractivity contribution in [3.8, 4) is 0 Å². The zero-order valence-corrected chi connectivity index (χ0v) is 12.2. The third kappa shape index (κ3) is 5.40. The van der Waals surface area contributed by atoms with Crippen molar-refractivity contribution in [1.29, 1.82) is 0 Å². The number of nitrogens with one attached hydrogen (secondary N) is 2. The maximum atomic E-state index is 11.6. The molecule has 6 heteroatoms. The molecule has 104 valence electrons. The van der Waals surface area contributed by atoms with Gasteiger partial charge in [-0.1, -0.05) is 19.1 Å². The molecule has 2 amide bonds. The molecule has 0 bridgehead atoms. The quantitative estimate of drug-likeness (QED) is 0.717. The summed E-state index contributed by atoms with van der Waals surface area (Å²) in [6.07, 6.45) is 0.589. The average molecular weight is 329 g/mol. The number of hydrogen-bond acceptors (Lipinski definition) is 3.